The summed E-state index contributed by atoms with van der Waals surface area (Å²) in [6.45, 7) is 0.818. The molecule has 0 amide bonds. The molecule has 1 aliphatic heterocycles. The molecule has 2 atom stereocenters. The fourth-order valence-electron chi connectivity index (χ4n) is 3.40. The summed E-state index contributed by atoms with van der Waals surface area (Å²) in [6, 6.07) is 14.0. The lowest BCUT2D eigenvalue weighted by Crippen LogP contribution is -2.39. The lowest BCUT2D eigenvalue weighted by Gasteiger charge is -2.31. The van der Waals surface area contributed by atoms with E-state index in [4.69, 9.17) is 0 Å². The summed E-state index contributed by atoms with van der Waals surface area (Å²) in [4.78, 5) is 19.4. The Labute approximate surface area is 146 Å². The number of thioether (sulfide) groups is 1. The van der Waals surface area contributed by atoms with Gasteiger partial charge in [-0.05, 0) is 55.5 Å². The molecule has 5 heteroatoms. The Morgan fingerprint density at radius 2 is 2.12 bits per heavy atom. The molecule has 0 spiro atoms. The van der Waals surface area contributed by atoms with Gasteiger partial charge in [0.25, 0.3) is 0 Å². The molecule has 0 bridgehead atoms. The third kappa shape index (κ3) is 3.79. The first-order valence-corrected chi connectivity index (χ1v) is 9.44. The van der Waals surface area contributed by atoms with Crippen LogP contribution in [0.1, 0.15) is 30.1 Å². The number of hydrogen-bond acceptors (Lipinski definition) is 4. The molecule has 1 aromatic heterocycles. The van der Waals surface area contributed by atoms with Crippen LogP contribution in [0.4, 0.5) is 0 Å². The van der Waals surface area contributed by atoms with Crippen LogP contribution in [0.5, 0.6) is 0 Å². The van der Waals surface area contributed by atoms with Gasteiger partial charge in [0.2, 0.25) is 0 Å². The van der Waals surface area contributed by atoms with E-state index >= 15 is 0 Å². The second-order valence-electron chi connectivity index (χ2n) is 6.05. The van der Waals surface area contributed by atoms with E-state index in [0.29, 0.717) is 0 Å². The molecule has 3 rings (SSSR count). The van der Waals surface area contributed by atoms with Crippen LogP contribution in [-0.2, 0) is 11.2 Å². The van der Waals surface area contributed by atoms with Crippen LogP contribution in [0.25, 0.3) is 0 Å². The highest BCUT2D eigenvalue weighted by Crippen LogP contribution is 2.32. The second kappa shape index (κ2) is 7.81. The smallest absolute Gasteiger partial charge is 0.320 e. The van der Waals surface area contributed by atoms with Gasteiger partial charge in [0.05, 0.1) is 0 Å². The van der Waals surface area contributed by atoms with E-state index in [0.717, 1.165) is 37.1 Å². The molecule has 4 nitrogen and oxygen atoms in total. The lowest BCUT2D eigenvalue weighted by molar-refractivity contribution is -0.143. The van der Waals surface area contributed by atoms with Crippen LogP contribution in [0.15, 0.2) is 53.6 Å². The van der Waals surface area contributed by atoms with Crippen LogP contribution in [-0.4, -0.2) is 39.8 Å². The minimum atomic E-state index is -0.723. The lowest BCUT2D eigenvalue weighted by atomic mass is 9.99. The van der Waals surface area contributed by atoms with Gasteiger partial charge in [0, 0.05) is 29.2 Å². The summed E-state index contributed by atoms with van der Waals surface area (Å²) in [5.41, 5.74) is 2.15. The summed E-state index contributed by atoms with van der Waals surface area (Å²) in [5, 5.41) is 9.57. The Kier molecular flexibility index (Phi) is 5.53. The quantitative estimate of drug-likeness (QED) is 0.812. The van der Waals surface area contributed by atoms with Crippen LogP contribution < -0.4 is 0 Å². The van der Waals surface area contributed by atoms with Gasteiger partial charge in [-0.3, -0.25) is 14.7 Å². The van der Waals surface area contributed by atoms with Crippen molar-refractivity contribution in [2.45, 2.75) is 36.2 Å². The molecular formula is C19H22N2O2S. The number of hydrogen-bond donors (Lipinski definition) is 1. The van der Waals surface area contributed by atoms with Gasteiger partial charge in [0.15, 0.2) is 0 Å². The number of carboxylic acid groups (broad SMARTS) is 1. The second-order valence-corrected chi connectivity index (χ2v) is 6.93. The fourth-order valence-corrected chi connectivity index (χ4v) is 3.81. The number of rotatable bonds is 6. The molecule has 0 aliphatic carbocycles. The van der Waals surface area contributed by atoms with Gasteiger partial charge >= 0.3 is 5.97 Å². The largest absolute Gasteiger partial charge is 0.480 e. The predicted octanol–water partition coefficient (Wildman–Crippen LogP) is 3.64. The molecule has 1 aromatic carbocycles. The summed E-state index contributed by atoms with van der Waals surface area (Å²) in [6.07, 6.45) is 6.22. The summed E-state index contributed by atoms with van der Waals surface area (Å²) < 4.78 is 0. The van der Waals surface area contributed by atoms with Gasteiger partial charge in [-0.25, -0.2) is 0 Å². The Morgan fingerprint density at radius 1 is 1.33 bits per heavy atom. The van der Waals surface area contributed by atoms with Crippen LogP contribution >= 0.6 is 11.8 Å². The van der Waals surface area contributed by atoms with Crippen LogP contribution in [0, 0.1) is 0 Å². The van der Waals surface area contributed by atoms with Crippen LogP contribution in [0.3, 0.4) is 0 Å². The van der Waals surface area contributed by atoms with Gasteiger partial charge in [-0.2, -0.15) is 0 Å². The summed E-state index contributed by atoms with van der Waals surface area (Å²) in [7, 11) is 0. The standard InChI is InChI=1S/C19H22N2O2S/c1-24-16-9-7-14(8-10-16)18(13-15-5-2-3-11-20-15)21-12-4-6-17(21)19(22)23/h2-3,5,7-11,17-18H,4,6,12-13H2,1H3,(H,22,23). The fraction of sp³-hybridized carbons (Fsp3) is 0.368. The van der Waals surface area contributed by atoms with Gasteiger partial charge in [-0.1, -0.05) is 18.2 Å². The van der Waals surface area contributed by atoms with Crippen molar-refractivity contribution in [3.8, 4) is 0 Å². The van der Waals surface area contributed by atoms with E-state index in [1.165, 1.54) is 4.90 Å². The Morgan fingerprint density at radius 3 is 2.75 bits per heavy atom. The maximum Gasteiger partial charge on any atom is 0.320 e. The topological polar surface area (TPSA) is 53.4 Å². The highest BCUT2D eigenvalue weighted by atomic mass is 32.2. The molecule has 2 unspecified atom stereocenters. The van der Waals surface area contributed by atoms with Crippen molar-refractivity contribution in [3.05, 3.63) is 59.9 Å². The molecule has 1 saturated heterocycles. The van der Waals surface area contributed by atoms with Crippen molar-refractivity contribution < 1.29 is 9.90 Å². The number of nitrogens with zero attached hydrogens (tertiary/aromatic N) is 2. The van der Waals surface area contributed by atoms with E-state index < -0.39 is 12.0 Å². The Bertz CT molecular complexity index is 676. The molecule has 2 heterocycles. The molecule has 1 fully saturated rings. The number of carbonyl (C=O) groups is 1. The number of aliphatic carboxylic acids is 1. The average molecular weight is 342 g/mol. The molecule has 1 aliphatic rings. The molecular weight excluding hydrogens is 320 g/mol. The molecule has 0 saturated carbocycles. The number of benzene rings is 1. The molecule has 24 heavy (non-hydrogen) atoms. The first kappa shape index (κ1) is 17.0. The Hall–Kier alpha value is -1.85. The molecule has 1 N–H and O–H groups in total. The van der Waals surface area contributed by atoms with E-state index in [9.17, 15) is 9.90 Å². The van der Waals surface area contributed by atoms with Crippen molar-refractivity contribution in [2.24, 2.45) is 0 Å². The zero-order valence-electron chi connectivity index (χ0n) is 13.8. The summed E-state index contributed by atoms with van der Waals surface area (Å²) in [5.74, 6) is -0.723. The summed E-state index contributed by atoms with van der Waals surface area (Å²) >= 11 is 1.71. The minimum Gasteiger partial charge on any atom is -0.480 e. The highest BCUT2D eigenvalue weighted by Gasteiger charge is 2.36. The Balaban J connectivity index is 1.91. The van der Waals surface area contributed by atoms with E-state index in [-0.39, 0.29) is 6.04 Å². The van der Waals surface area contributed by atoms with Crippen LogP contribution in [0.2, 0.25) is 0 Å². The van der Waals surface area contributed by atoms with Crippen molar-refractivity contribution in [2.75, 3.05) is 12.8 Å². The maximum absolute atomic E-state index is 11.6. The first-order valence-electron chi connectivity index (χ1n) is 8.21. The van der Waals surface area contributed by atoms with E-state index in [1.54, 1.807) is 18.0 Å². The molecule has 126 valence electrons. The van der Waals surface area contributed by atoms with Gasteiger partial charge in [0.1, 0.15) is 6.04 Å². The highest BCUT2D eigenvalue weighted by molar-refractivity contribution is 7.98. The third-order valence-electron chi connectivity index (χ3n) is 4.61. The minimum absolute atomic E-state index is 0.0411. The van der Waals surface area contributed by atoms with Crippen molar-refractivity contribution in [3.63, 3.8) is 0 Å². The SMILES string of the molecule is CSc1ccc(C(Cc2ccccn2)N2CCCC2C(=O)O)cc1. The normalized spacial score (nSPS) is 19.3. The average Bonchev–Trinajstić information content (AvgIpc) is 3.10. The number of aromatic nitrogens is 1. The molecule has 0 radical (unpaired) electrons. The zero-order chi connectivity index (χ0) is 16.9. The van der Waals surface area contributed by atoms with E-state index in [1.807, 2.05) is 18.2 Å². The van der Waals surface area contributed by atoms with Crippen molar-refractivity contribution in [1.29, 1.82) is 0 Å². The monoisotopic (exact) mass is 342 g/mol. The van der Waals surface area contributed by atoms with Crippen molar-refractivity contribution in [1.82, 2.24) is 9.88 Å². The number of carboxylic acids is 1. The predicted molar refractivity (Wildman–Crippen MR) is 96.3 cm³/mol. The number of pyridine rings is 1. The molecule has 2 aromatic rings. The third-order valence-corrected chi connectivity index (χ3v) is 5.35. The van der Waals surface area contributed by atoms with Crippen molar-refractivity contribution >= 4 is 17.7 Å². The first-order chi connectivity index (χ1) is 11.7. The van der Waals surface area contributed by atoms with Gasteiger partial charge < -0.3 is 5.11 Å². The van der Waals surface area contributed by atoms with E-state index in [2.05, 4.69) is 40.4 Å². The van der Waals surface area contributed by atoms with Gasteiger partial charge in [-0.15, -0.1) is 11.8 Å². The maximum atomic E-state index is 11.6. The number of likely N-dealkylation sites (tertiary alicyclic amines) is 1. The zero-order valence-corrected chi connectivity index (χ0v) is 14.6.